The Balaban J connectivity index is 1.22. The summed E-state index contributed by atoms with van der Waals surface area (Å²) in [6, 6.07) is 10.5. The average molecular weight is 581 g/mol. The van der Waals surface area contributed by atoms with Gasteiger partial charge in [-0.25, -0.2) is 14.6 Å². The number of fused-ring (bicyclic) bond motifs is 1. The number of carbonyl (C=O) groups excluding carboxylic acids is 2. The van der Waals surface area contributed by atoms with Crippen molar-refractivity contribution in [3.05, 3.63) is 41.3 Å². The molecule has 41 heavy (non-hydrogen) atoms. The summed E-state index contributed by atoms with van der Waals surface area (Å²) in [6.07, 6.45) is 1.13. The molecule has 1 unspecified atom stereocenters. The lowest BCUT2D eigenvalue weighted by molar-refractivity contribution is 0.0210. The maximum absolute atomic E-state index is 12.7. The second-order valence-corrected chi connectivity index (χ2v) is 13.1. The monoisotopic (exact) mass is 580 g/mol. The molecule has 2 aliphatic rings. The number of amides is 2. The fraction of sp³-hybridized carbons (Fsp3) is 0.533. The van der Waals surface area contributed by atoms with Crippen LogP contribution in [0, 0.1) is 5.92 Å². The third-order valence-electron chi connectivity index (χ3n) is 7.46. The second-order valence-electron chi connectivity index (χ2n) is 12.1. The number of cyclic esters (lactones) is 1. The molecule has 11 heteroatoms. The second kappa shape index (κ2) is 11.7. The van der Waals surface area contributed by atoms with E-state index in [1.807, 2.05) is 32.2 Å². The van der Waals surface area contributed by atoms with Crippen LogP contribution >= 0.6 is 11.3 Å². The molecular weight excluding hydrogens is 540 g/mol. The zero-order valence-electron chi connectivity index (χ0n) is 24.6. The van der Waals surface area contributed by atoms with Gasteiger partial charge in [0.1, 0.15) is 12.2 Å². The number of hydrogen-bond donors (Lipinski definition) is 2. The number of aromatic nitrogens is 2. The molecule has 0 spiro atoms. The molecule has 2 fully saturated rings. The smallest absolute Gasteiger partial charge is 0.415 e. The average Bonchev–Trinajstić information content (AvgIpc) is 3.54. The van der Waals surface area contributed by atoms with Gasteiger partial charge in [-0.2, -0.15) is 4.98 Å². The fourth-order valence-corrected chi connectivity index (χ4v) is 5.98. The molecular formula is C30H40N6O4S. The molecule has 0 saturated carbocycles. The predicted molar refractivity (Wildman–Crippen MR) is 163 cm³/mol. The summed E-state index contributed by atoms with van der Waals surface area (Å²) in [4.78, 5) is 38.0. The van der Waals surface area contributed by atoms with E-state index in [9.17, 15) is 9.59 Å². The summed E-state index contributed by atoms with van der Waals surface area (Å²) < 4.78 is 11.8. The Morgan fingerprint density at radius 2 is 1.80 bits per heavy atom. The Labute approximate surface area is 245 Å². The van der Waals surface area contributed by atoms with E-state index in [1.165, 1.54) is 11.3 Å². The first-order valence-electron chi connectivity index (χ1n) is 14.3. The molecule has 0 bridgehead atoms. The summed E-state index contributed by atoms with van der Waals surface area (Å²) in [5.74, 6) is 1.30. The van der Waals surface area contributed by atoms with Gasteiger partial charge < -0.3 is 25.0 Å². The minimum Gasteiger partial charge on any atom is -0.447 e. The largest absolute Gasteiger partial charge is 0.447 e. The van der Waals surface area contributed by atoms with E-state index >= 15 is 0 Å². The van der Waals surface area contributed by atoms with Crippen LogP contribution in [0.15, 0.2) is 35.7 Å². The number of thiophene rings is 1. The Bertz CT molecular complexity index is 1380. The van der Waals surface area contributed by atoms with Crippen molar-refractivity contribution in [3.8, 4) is 0 Å². The molecule has 3 aromatic rings. The van der Waals surface area contributed by atoms with E-state index in [0.717, 1.165) is 34.3 Å². The number of hydrogen-bond acceptors (Lipinski definition) is 9. The molecule has 10 nitrogen and oxygen atoms in total. The zero-order chi connectivity index (χ0) is 29.3. The van der Waals surface area contributed by atoms with Crippen LogP contribution in [-0.2, 0) is 9.47 Å². The molecule has 2 saturated heterocycles. The minimum absolute atomic E-state index is 0.0588. The van der Waals surface area contributed by atoms with Crippen molar-refractivity contribution < 1.29 is 19.1 Å². The van der Waals surface area contributed by atoms with Gasteiger partial charge in [-0.05, 0) is 75.6 Å². The van der Waals surface area contributed by atoms with Crippen LogP contribution < -0.4 is 15.5 Å². The zero-order valence-corrected chi connectivity index (χ0v) is 25.5. The summed E-state index contributed by atoms with van der Waals surface area (Å²) in [5.41, 5.74) is 2.45. The van der Waals surface area contributed by atoms with Crippen LogP contribution in [0.1, 0.15) is 66.0 Å². The van der Waals surface area contributed by atoms with Gasteiger partial charge in [0.25, 0.3) is 0 Å². The van der Waals surface area contributed by atoms with Crippen LogP contribution in [0.3, 0.4) is 0 Å². The first-order valence-corrected chi connectivity index (χ1v) is 15.2. The Kier molecular flexibility index (Phi) is 8.26. The van der Waals surface area contributed by atoms with Crippen LogP contribution in [0.2, 0.25) is 0 Å². The van der Waals surface area contributed by atoms with E-state index in [0.29, 0.717) is 37.5 Å². The number of piperidine rings is 1. The molecule has 0 aliphatic carbocycles. The predicted octanol–water partition coefficient (Wildman–Crippen LogP) is 6.66. The summed E-state index contributed by atoms with van der Waals surface area (Å²) in [7, 11) is 0. The lowest BCUT2D eigenvalue weighted by Crippen LogP contribution is -2.44. The minimum atomic E-state index is -0.482. The molecule has 2 N–H and O–H groups in total. The van der Waals surface area contributed by atoms with Crippen molar-refractivity contribution in [1.82, 2.24) is 14.9 Å². The molecule has 5 rings (SSSR count). The molecule has 2 aromatic heterocycles. The normalized spacial score (nSPS) is 19.0. The molecule has 4 heterocycles. The van der Waals surface area contributed by atoms with Crippen molar-refractivity contribution in [2.45, 2.75) is 78.1 Å². The van der Waals surface area contributed by atoms with E-state index in [-0.39, 0.29) is 30.2 Å². The summed E-state index contributed by atoms with van der Waals surface area (Å²) in [5, 5.41) is 9.00. The van der Waals surface area contributed by atoms with Gasteiger partial charge in [0, 0.05) is 24.8 Å². The highest BCUT2D eigenvalue weighted by atomic mass is 32.1. The number of rotatable bonds is 7. The van der Waals surface area contributed by atoms with Crippen molar-refractivity contribution in [2.24, 2.45) is 5.92 Å². The van der Waals surface area contributed by atoms with Crippen LogP contribution in [0.4, 0.5) is 27.0 Å². The highest BCUT2D eigenvalue weighted by molar-refractivity contribution is 7.17. The number of nitrogens with zero attached hydrogens (tertiary/aromatic N) is 4. The third kappa shape index (κ3) is 6.66. The maximum Gasteiger partial charge on any atom is 0.415 e. The van der Waals surface area contributed by atoms with E-state index in [2.05, 4.69) is 55.7 Å². The molecule has 220 valence electrons. The lowest BCUT2D eigenvalue weighted by Gasteiger charge is -2.34. The molecule has 0 radical (unpaired) electrons. The molecule has 2 amide bonds. The van der Waals surface area contributed by atoms with Gasteiger partial charge in [0.05, 0.1) is 22.3 Å². The van der Waals surface area contributed by atoms with Gasteiger partial charge in [-0.15, -0.1) is 11.3 Å². The van der Waals surface area contributed by atoms with Crippen molar-refractivity contribution in [3.63, 3.8) is 0 Å². The van der Waals surface area contributed by atoms with Crippen LogP contribution in [-0.4, -0.2) is 64.4 Å². The Hall–Kier alpha value is -3.60. The van der Waals surface area contributed by atoms with Crippen LogP contribution in [0.25, 0.3) is 10.2 Å². The summed E-state index contributed by atoms with van der Waals surface area (Å²) >= 11 is 1.52. The third-order valence-corrected chi connectivity index (χ3v) is 8.36. The number of benzene rings is 1. The van der Waals surface area contributed by atoms with E-state index < -0.39 is 5.60 Å². The molecule has 2 atom stereocenters. The van der Waals surface area contributed by atoms with Crippen molar-refractivity contribution in [2.75, 3.05) is 35.2 Å². The topological polar surface area (TPSA) is 109 Å². The Morgan fingerprint density at radius 1 is 1.10 bits per heavy atom. The maximum atomic E-state index is 12.7. The SMILES string of the molecule is CC(C)C1COC(=O)N1c1nc(N[C@@H](C)c2ccc(NC3CCN(C(=O)OC(C)(C)C)CC3)cc2)nc2ccsc12. The fourth-order valence-electron chi connectivity index (χ4n) is 5.16. The number of ether oxygens (including phenoxy) is 2. The van der Waals surface area contributed by atoms with E-state index in [4.69, 9.17) is 19.4 Å². The van der Waals surface area contributed by atoms with Crippen LogP contribution in [0.5, 0.6) is 0 Å². The quantitative estimate of drug-likeness (QED) is 0.319. The lowest BCUT2D eigenvalue weighted by atomic mass is 10.0. The van der Waals surface area contributed by atoms with Gasteiger partial charge in [0.15, 0.2) is 5.82 Å². The highest BCUT2D eigenvalue weighted by Gasteiger charge is 2.38. The molecule has 2 aliphatic heterocycles. The van der Waals surface area contributed by atoms with Crippen molar-refractivity contribution >= 4 is 51.2 Å². The van der Waals surface area contributed by atoms with E-state index in [1.54, 1.807) is 9.80 Å². The van der Waals surface area contributed by atoms with Gasteiger partial charge in [-0.3, -0.25) is 4.90 Å². The number of likely N-dealkylation sites (tertiary alicyclic amines) is 1. The summed E-state index contributed by atoms with van der Waals surface area (Å²) in [6.45, 7) is 13.6. The molecule has 1 aromatic carbocycles. The highest BCUT2D eigenvalue weighted by Crippen LogP contribution is 2.35. The first kappa shape index (κ1) is 28.9. The van der Waals surface area contributed by atoms with Gasteiger partial charge in [-0.1, -0.05) is 26.0 Å². The van der Waals surface area contributed by atoms with Crippen molar-refractivity contribution in [1.29, 1.82) is 0 Å². The standard InChI is InChI=1S/C30H40N6O4S/c1-18(2)24-17-39-29(38)36(24)26-25-23(13-16-41-25)33-27(34-26)31-19(3)20-7-9-21(10-8-20)32-22-11-14-35(15-12-22)28(37)40-30(4,5)6/h7-10,13,16,18-19,22,24,32H,11-12,14-15,17H2,1-6H3,(H,31,33,34)/t19-,24?/m0/s1. The number of anilines is 3. The van der Waals surface area contributed by atoms with Gasteiger partial charge >= 0.3 is 12.2 Å². The Morgan fingerprint density at radius 3 is 2.46 bits per heavy atom. The first-order chi connectivity index (χ1) is 19.5. The van der Waals surface area contributed by atoms with Gasteiger partial charge in [0.2, 0.25) is 5.95 Å². The number of nitrogens with one attached hydrogen (secondary N) is 2. The number of carbonyl (C=O) groups is 2.